The Morgan fingerprint density at radius 2 is 1.95 bits per heavy atom. The summed E-state index contributed by atoms with van der Waals surface area (Å²) in [6.07, 6.45) is 1.57. The van der Waals surface area contributed by atoms with Crippen LogP contribution in [0.3, 0.4) is 0 Å². The van der Waals surface area contributed by atoms with Gasteiger partial charge >= 0.3 is 0 Å². The molecule has 1 fully saturated rings. The van der Waals surface area contributed by atoms with E-state index in [4.69, 9.17) is 4.74 Å². The first-order valence-corrected chi connectivity index (χ1v) is 8.03. The third-order valence-corrected chi connectivity index (χ3v) is 3.95. The lowest BCUT2D eigenvalue weighted by molar-refractivity contribution is 0.0466. The number of hydrogen-bond donors (Lipinski definition) is 1. The van der Waals surface area contributed by atoms with E-state index in [-0.39, 0.29) is 23.5 Å². The molecule has 1 heterocycles. The second-order valence-electron chi connectivity index (χ2n) is 7.13. The van der Waals surface area contributed by atoms with Gasteiger partial charge in [0.2, 0.25) is 0 Å². The number of likely N-dealkylation sites (tertiary alicyclic amines) is 1. The summed E-state index contributed by atoms with van der Waals surface area (Å²) in [5.74, 6) is 0.985. The molecule has 1 aliphatic heterocycles. The predicted molar refractivity (Wildman–Crippen MR) is 87.1 cm³/mol. The molecule has 0 aliphatic carbocycles. The number of nitrogens with zero attached hydrogens (tertiary/aromatic N) is 1. The summed E-state index contributed by atoms with van der Waals surface area (Å²) in [6, 6.07) is 7.31. The number of carbonyl (C=O) groups excluding carboxylic acids is 1. The third-order valence-electron chi connectivity index (χ3n) is 3.95. The van der Waals surface area contributed by atoms with Gasteiger partial charge in [0, 0.05) is 24.6 Å². The quantitative estimate of drug-likeness (QED) is 0.933. The molecule has 2 atom stereocenters. The number of benzene rings is 1. The second-order valence-corrected chi connectivity index (χ2v) is 7.13. The Hall–Kier alpha value is -1.55. The van der Waals surface area contributed by atoms with Crippen LogP contribution in [0.15, 0.2) is 24.3 Å². The molecule has 0 aromatic heterocycles. The van der Waals surface area contributed by atoms with Gasteiger partial charge in [0.05, 0.1) is 6.10 Å². The molecule has 0 spiro atoms. The lowest BCUT2D eigenvalue weighted by Crippen LogP contribution is -2.42. The molecule has 2 rings (SSSR count). The van der Waals surface area contributed by atoms with Crippen molar-refractivity contribution in [2.75, 3.05) is 13.1 Å². The van der Waals surface area contributed by atoms with Crippen LogP contribution in [0, 0.1) is 5.92 Å². The minimum Gasteiger partial charge on any atom is -0.488 e. The van der Waals surface area contributed by atoms with Crippen molar-refractivity contribution in [2.24, 2.45) is 5.92 Å². The molecule has 1 aromatic carbocycles. The van der Waals surface area contributed by atoms with E-state index < -0.39 is 0 Å². The maximum absolute atomic E-state index is 12.6. The van der Waals surface area contributed by atoms with Gasteiger partial charge in [-0.25, -0.2) is 0 Å². The van der Waals surface area contributed by atoms with Crippen LogP contribution in [0.5, 0.6) is 5.75 Å². The Kier molecular flexibility index (Phi) is 5.12. The van der Waals surface area contributed by atoms with E-state index in [1.807, 2.05) is 49.9 Å². The Bertz CT molecular complexity index is 502. The highest BCUT2D eigenvalue weighted by molar-refractivity contribution is 5.94. The average Bonchev–Trinajstić information content (AvgIpc) is 2.46. The number of ether oxygens (including phenoxy) is 1. The van der Waals surface area contributed by atoms with Gasteiger partial charge in [-0.15, -0.1) is 0 Å². The van der Waals surface area contributed by atoms with E-state index in [0.717, 1.165) is 25.1 Å². The van der Waals surface area contributed by atoms with Crippen molar-refractivity contribution in [3.05, 3.63) is 29.8 Å². The normalized spacial score (nSPS) is 20.6. The number of amides is 1. The molecule has 1 aromatic rings. The number of piperidine rings is 1. The zero-order chi connectivity index (χ0) is 16.3. The Labute approximate surface area is 133 Å². The topological polar surface area (TPSA) is 49.8 Å². The zero-order valence-corrected chi connectivity index (χ0v) is 14.0. The molecule has 0 bridgehead atoms. The van der Waals surface area contributed by atoms with Crippen molar-refractivity contribution in [3.8, 4) is 5.75 Å². The standard InChI is InChI=1S/C18H27NO3/c1-13(20)15-6-5-11-19(12-15)17(21)14-7-9-16(10-8-14)22-18(2,3)4/h7-10,13,15,20H,5-6,11-12H2,1-4H3. The van der Waals surface area contributed by atoms with E-state index in [1.54, 1.807) is 6.92 Å². The third kappa shape index (κ3) is 4.47. The highest BCUT2D eigenvalue weighted by Crippen LogP contribution is 2.23. The summed E-state index contributed by atoms with van der Waals surface area (Å²) in [4.78, 5) is 14.4. The van der Waals surface area contributed by atoms with Crippen molar-refractivity contribution in [1.82, 2.24) is 4.90 Å². The SMILES string of the molecule is CC(O)C1CCCN(C(=O)c2ccc(OC(C)(C)C)cc2)C1. The van der Waals surface area contributed by atoms with Crippen LogP contribution in [0.2, 0.25) is 0 Å². The molecule has 1 saturated heterocycles. The van der Waals surface area contributed by atoms with Gasteiger partial charge in [-0.1, -0.05) is 0 Å². The van der Waals surface area contributed by atoms with Gasteiger partial charge in [0.15, 0.2) is 0 Å². The van der Waals surface area contributed by atoms with Gasteiger partial charge in [0.1, 0.15) is 11.4 Å². The zero-order valence-electron chi connectivity index (χ0n) is 14.0. The van der Waals surface area contributed by atoms with Gasteiger partial charge in [-0.2, -0.15) is 0 Å². The molecule has 1 aliphatic rings. The molecule has 22 heavy (non-hydrogen) atoms. The van der Waals surface area contributed by atoms with Crippen molar-refractivity contribution in [2.45, 2.75) is 52.2 Å². The number of aliphatic hydroxyl groups excluding tert-OH is 1. The summed E-state index contributed by atoms with van der Waals surface area (Å²) >= 11 is 0. The maximum Gasteiger partial charge on any atom is 0.253 e. The summed E-state index contributed by atoms with van der Waals surface area (Å²) in [5, 5.41) is 9.74. The van der Waals surface area contributed by atoms with Crippen LogP contribution in [-0.4, -0.2) is 40.7 Å². The summed E-state index contributed by atoms with van der Waals surface area (Å²) in [5.41, 5.74) is 0.426. The molecule has 4 nitrogen and oxygen atoms in total. The first-order chi connectivity index (χ1) is 10.3. The fourth-order valence-electron chi connectivity index (χ4n) is 2.79. The molecule has 122 valence electrons. The van der Waals surface area contributed by atoms with Gasteiger partial charge in [-0.3, -0.25) is 4.79 Å². The number of hydrogen-bond acceptors (Lipinski definition) is 3. The van der Waals surface area contributed by atoms with Crippen LogP contribution < -0.4 is 4.74 Å². The van der Waals surface area contributed by atoms with Crippen molar-refractivity contribution in [1.29, 1.82) is 0 Å². The monoisotopic (exact) mass is 305 g/mol. The Balaban J connectivity index is 2.03. The molecule has 2 unspecified atom stereocenters. The molecule has 0 radical (unpaired) electrons. The molecule has 4 heteroatoms. The molecule has 1 N–H and O–H groups in total. The van der Waals surface area contributed by atoms with Crippen molar-refractivity contribution in [3.63, 3.8) is 0 Å². The minimum absolute atomic E-state index is 0.0349. The van der Waals surface area contributed by atoms with Gasteiger partial charge in [-0.05, 0) is 64.8 Å². The first kappa shape index (κ1) is 16.8. The summed E-state index contributed by atoms with van der Waals surface area (Å²) < 4.78 is 5.77. The number of aliphatic hydroxyl groups is 1. The predicted octanol–water partition coefficient (Wildman–Crippen LogP) is 3.10. The highest BCUT2D eigenvalue weighted by Gasteiger charge is 2.27. The number of carbonyl (C=O) groups is 1. The van der Waals surface area contributed by atoms with Crippen LogP contribution in [0.1, 0.15) is 50.9 Å². The first-order valence-electron chi connectivity index (χ1n) is 8.03. The van der Waals surface area contributed by atoms with E-state index in [1.165, 1.54) is 0 Å². The fourth-order valence-corrected chi connectivity index (χ4v) is 2.79. The fraction of sp³-hybridized carbons (Fsp3) is 0.611. The lowest BCUT2D eigenvalue weighted by atomic mass is 9.93. The summed E-state index contributed by atoms with van der Waals surface area (Å²) in [7, 11) is 0. The summed E-state index contributed by atoms with van der Waals surface area (Å²) in [6.45, 7) is 9.19. The minimum atomic E-state index is -0.363. The Morgan fingerprint density at radius 3 is 2.50 bits per heavy atom. The highest BCUT2D eigenvalue weighted by atomic mass is 16.5. The van der Waals surface area contributed by atoms with E-state index in [9.17, 15) is 9.90 Å². The molecule has 1 amide bonds. The van der Waals surface area contributed by atoms with E-state index >= 15 is 0 Å². The van der Waals surface area contributed by atoms with Gasteiger partial charge < -0.3 is 14.7 Å². The van der Waals surface area contributed by atoms with Crippen molar-refractivity contribution >= 4 is 5.91 Å². The second kappa shape index (κ2) is 6.69. The smallest absolute Gasteiger partial charge is 0.253 e. The maximum atomic E-state index is 12.6. The number of rotatable bonds is 3. The van der Waals surface area contributed by atoms with E-state index in [0.29, 0.717) is 12.1 Å². The van der Waals surface area contributed by atoms with Gasteiger partial charge in [0.25, 0.3) is 5.91 Å². The largest absolute Gasteiger partial charge is 0.488 e. The average molecular weight is 305 g/mol. The molecule has 0 saturated carbocycles. The molecular formula is C18H27NO3. The van der Waals surface area contributed by atoms with Crippen LogP contribution >= 0.6 is 0 Å². The molecular weight excluding hydrogens is 278 g/mol. The lowest BCUT2D eigenvalue weighted by Gasteiger charge is -2.34. The van der Waals surface area contributed by atoms with Crippen LogP contribution in [-0.2, 0) is 0 Å². The van der Waals surface area contributed by atoms with Crippen LogP contribution in [0.4, 0.5) is 0 Å². The van der Waals surface area contributed by atoms with Crippen molar-refractivity contribution < 1.29 is 14.6 Å². The van der Waals surface area contributed by atoms with Crippen LogP contribution in [0.25, 0.3) is 0 Å². The van der Waals surface area contributed by atoms with E-state index in [2.05, 4.69) is 0 Å². The Morgan fingerprint density at radius 1 is 1.32 bits per heavy atom.